The number of rotatable bonds is 7. The molecule has 0 bridgehead atoms. The van der Waals surface area contributed by atoms with Crippen LogP contribution in [0.2, 0.25) is 0 Å². The van der Waals surface area contributed by atoms with Gasteiger partial charge in [-0.15, -0.1) is 11.6 Å². The first-order chi connectivity index (χ1) is 5.27. The van der Waals surface area contributed by atoms with Crippen molar-refractivity contribution >= 4 is 11.6 Å². The van der Waals surface area contributed by atoms with Crippen LogP contribution in [0.3, 0.4) is 0 Å². The lowest BCUT2D eigenvalue weighted by molar-refractivity contribution is 0.394. The van der Waals surface area contributed by atoms with Gasteiger partial charge in [-0.1, -0.05) is 0 Å². The predicted octanol–water partition coefficient (Wildman–Crippen LogP) is 1.16. The predicted molar refractivity (Wildman–Crippen MR) is 51.4 cm³/mol. The SMILES string of the molecule is CN(C)CCCNCCCCl. The van der Waals surface area contributed by atoms with Gasteiger partial charge in [0.2, 0.25) is 0 Å². The highest BCUT2D eigenvalue weighted by Gasteiger charge is 1.89. The topological polar surface area (TPSA) is 15.3 Å². The van der Waals surface area contributed by atoms with Gasteiger partial charge in [0.15, 0.2) is 0 Å². The van der Waals surface area contributed by atoms with E-state index in [1.54, 1.807) is 0 Å². The molecule has 0 fully saturated rings. The Hall–Kier alpha value is 0.210. The first kappa shape index (κ1) is 11.2. The molecule has 0 amide bonds. The molecule has 0 aromatic carbocycles. The minimum absolute atomic E-state index is 0.765. The molecule has 1 N–H and O–H groups in total. The summed E-state index contributed by atoms with van der Waals surface area (Å²) < 4.78 is 0. The molecule has 0 heterocycles. The number of alkyl halides is 1. The van der Waals surface area contributed by atoms with Gasteiger partial charge in [0.05, 0.1) is 0 Å². The smallest absolute Gasteiger partial charge is 0.0235 e. The van der Waals surface area contributed by atoms with Gasteiger partial charge in [-0.2, -0.15) is 0 Å². The fourth-order valence-corrected chi connectivity index (χ4v) is 0.971. The lowest BCUT2D eigenvalue weighted by Crippen LogP contribution is -2.22. The van der Waals surface area contributed by atoms with E-state index < -0.39 is 0 Å². The Balaban J connectivity index is 2.80. The number of hydrogen-bond acceptors (Lipinski definition) is 2. The summed E-state index contributed by atoms with van der Waals surface area (Å²) in [5, 5.41) is 3.33. The summed E-state index contributed by atoms with van der Waals surface area (Å²) in [7, 11) is 4.19. The van der Waals surface area contributed by atoms with E-state index in [0.717, 1.165) is 31.9 Å². The van der Waals surface area contributed by atoms with Gasteiger partial charge in [0.1, 0.15) is 0 Å². The summed E-state index contributed by atoms with van der Waals surface area (Å²) in [6, 6.07) is 0. The van der Waals surface area contributed by atoms with Crippen LogP contribution in [0.5, 0.6) is 0 Å². The maximum Gasteiger partial charge on any atom is 0.0235 e. The molecule has 0 unspecified atom stereocenters. The van der Waals surface area contributed by atoms with Crippen LogP contribution in [-0.4, -0.2) is 44.5 Å². The maximum absolute atomic E-state index is 5.52. The van der Waals surface area contributed by atoms with Crippen molar-refractivity contribution in [3.8, 4) is 0 Å². The molecule has 0 aromatic heterocycles. The fourth-order valence-electron chi connectivity index (χ4n) is 0.837. The van der Waals surface area contributed by atoms with E-state index in [0.29, 0.717) is 0 Å². The molecule has 68 valence electrons. The Morgan fingerprint density at radius 1 is 1.18 bits per heavy atom. The summed E-state index contributed by atoms with van der Waals surface area (Å²) >= 11 is 5.52. The van der Waals surface area contributed by atoms with E-state index in [2.05, 4.69) is 24.3 Å². The van der Waals surface area contributed by atoms with Gasteiger partial charge in [-0.25, -0.2) is 0 Å². The van der Waals surface area contributed by atoms with Crippen molar-refractivity contribution in [1.82, 2.24) is 10.2 Å². The first-order valence-electron chi connectivity index (χ1n) is 4.19. The van der Waals surface area contributed by atoms with E-state index in [4.69, 9.17) is 11.6 Å². The van der Waals surface area contributed by atoms with Crippen LogP contribution in [-0.2, 0) is 0 Å². The maximum atomic E-state index is 5.52. The third-order valence-electron chi connectivity index (χ3n) is 1.45. The minimum atomic E-state index is 0.765. The molecule has 0 aliphatic heterocycles. The molecule has 0 aliphatic rings. The summed E-state index contributed by atoms with van der Waals surface area (Å²) in [6.45, 7) is 3.32. The van der Waals surface area contributed by atoms with Crippen molar-refractivity contribution in [3.63, 3.8) is 0 Å². The third kappa shape index (κ3) is 10.2. The number of hydrogen-bond donors (Lipinski definition) is 1. The van der Waals surface area contributed by atoms with Crippen LogP contribution in [0.1, 0.15) is 12.8 Å². The normalized spacial score (nSPS) is 10.9. The van der Waals surface area contributed by atoms with Crippen molar-refractivity contribution in [2.75, 3.05) is 39.6 Å². The largest absolute Gasteiger partial charge is 0.317 e. The third-order valence-corrected chi connectivity index (χ3v) is 1.71. The zero-order valence-corrected chi connectivity index (χ0v) is 8.32. The van der Waals surface area contributed by atoms with Crippen molar-refractivity contribution < 1.29 is 0 Å². The molecule has 0 saturated heterocycles. The van der Waals surface area contributed by atoms with Crippen LogP contribution >= 0.6 is 11.6 Å². The summed E-state index contributed by atoms with van der Waals surface area (Å²) in [5.41, 5.74) is 0. The lowest BCUT2D eigenvalue weighted by Gasteiger charge is -2.09. The van der Waals surface area contributed by atoms with Crippen molar-refractivity contribution in [3.05, 3.63) is 0 Å². The highest BCUT2D eigenvalue weighted by atomic mass is 35.5. The van der Waals surface area contributed by atoms with Gasteiger partial charge in [-0.05, 0) is 46.6 Å². The lowest BCUT2D eigenvalue weighted by atomic mass is 10.4. The van der Waals surface area contributed by atoms with Crippen LogP contribution in [0.15, 0.2) is 0 Å². The second-order valence-electron chi connectivity index (χ2n) is 2.95. The molecule has 2 nitrogen and oxygen atoms in total. The van der Waals surface area contributed by atoms with Crippen LogP contribution in [0.25, 0.3) is 0 Å². The Morgan fingerprint density at radius 3 is 2.36 bits per heavy atom. The summed E-state index contributed by atoms with van der Waals surface area (Å²) in [4.78, 5) is 2.20. The molecule has 0 aliphatic carbocycles. The molecule has 3 heteroatoms. The van der Waals surface area contributed by atoms with Crippen LogP contribution in [0, 0.1) is 0 Å². The zero-order chi connectivity index (χ0) is 8.53. The van der Waals surface area contributed by atoms with Crippen molar-refractivity contribution in [2.45, 2.75) is 12.8 Å². The van der Waals surface area contributed by atoms with E-state index >= 15 is 0 Å². The van der Waals surface area contributed by atoms with Crippen molar-refractivity contribution in [1.29, 1.82) is 0 Å². The number of nitrogens with one attached hydrogen (secondary N) is 1. The van der Waals surface area contributed by atoms with E-state index in [1.165, 1.54) is 6.42 Å². The quantitative estimate of drug-likeness (QED) is 0.465. The molecular weight excluding hydrogens is 160 g/mol. The molecule has 0 radical (unpaired) electrons. The highest BCUT2D eigenvalue weighted by molar-refractivity contribution is 6.17. The van der Waals surface area contributed by atoms with Gasteiger partial charge in [0.25, 0.3) is 0 Å². The molecule has 11 heavy (non-hydrogen) atoms. The Labute approximate surface area is 74.9 Å². The highest BCUT2D eigenvalue weighted by Crippen LogP contribution is 1.83. The molecule has 0 aromatic rings. The summed E-state index contributed by atoms with van der Waals surface area (Å²) in [6.07, 6.45) is 2.29. The molecule has 0 atom stereocenters. The molecule has 0 rings (SSSR count). The van der Waals surface area contributed by atoms with Gasteiger partial charge in [0, 0.05) is 5.88 Å². The van der Waals surface area contributed by atoms with Crippen LogP contribution in [0.4, 0.5) is 0 Å². The molecular formula is C8H19ClN2. The average molecular weight is 179 g/mol. The average Bonchev–Trinajstić information content (AvgIpc) is 1.96. The Kier molecular flexibility index (Phi) is 8.47. The standard InChI is InChI=1S/C8H19ClN2/c1-11(2)8-4-7-10-6-3-5-9/h10H,3-8H2,1-2H3. The minimum Gasteiger partial charge on any atom is -0.317 e. The zero-order valence-electron chi connectivity index (χ0n) is 7.57. The van der Waals surface area contributed by atoms with E-state index in [-0.39, 0.29) is 0 Å². The Morgan fingerprint density at radius 2 is 1.82 bits per heavy atom. The monoisotopic (exact) mass is 178 g/mol. The second kappa shape index (κ2) is 8.31. The Bertz CT molecular complexity index is 76.5. The number of nitrogens with zero attached hydrogens (tertiary/aromatic N) is 1. The first-order valence-corrected chi connectivity index (χ1v) is 4.72. The number of halogens is 1. The fraction of sp³-hybridized carbons (Fsp3) is 1.00. The summed E-state index contributed by atoms with van der Waals surface area (Å²) in [5.74, 6) is 0.765. The van der Waals surface area contributed by atoms with Gasteiger partial charge >= 0.3 is 0 Å². The second-order valence-corrected chi connectivity index (χ2v) is 3.33. The van der Waals surface area contributed by atoms with Crippen molar-refractivity contribution in [2.24, 2.45) is 0 Å². The van der Waals surface area contributed by atoms with Gasteiger partial charge in [-0.3, -0.25) is 0 Å². The van der Waals surface area contributed by atoms with E-state index in [1.807, 2.05) is 0 Å². The molecule has 0 spiro atoms. The van der Waals surface area contributed by atoms with Gasteiger partial charge < -0.3 is 10.2 Å². The molecule has 0 saturated carbocycles. The van der Waals surface area contributed by atoms with Crippen LogP contribution < -0.4 is 5.32 Å². The van der Waals surface area contributed by atoms with E-state index in [9.17, 15) is 0 Å².